The molecule has 0 radical (unpaired) electrons. The van der Waals surface area contributed by atoms with Gasteiger partial charge in [0, 0.05) is 5.75 Å². The van der Waals surface area contributed by atoms with E-state index in [-0.39, 0.29) is 11.3 Å². The predicted octanol–water partition coefficient (Wildman–Crippen LogP) is 0.645. The number of nitrogens with one attached hydrogen (secondary N) is 1. The normalized spacial score (nSPS) is 39.1. The minimum atomic E-state index is -2.84. The average molecular weight is 248 g/mol. The van der Waals surface area contributed by atoms with E-state index in [1.165, 1.54) is 0 Å². The summed E-state index contributed by atoms with van der Waals surface area (Å²) in [5, 5.41) is 4.18. The topological polar surface area (TPSA) is 58.5 Å². The van der Waals surface area contributed by atoms with Crippen LogP contribution in [0.4, 0.5) is 0 Å². The van der Waals surface area contributed by atoms with Crippen molar-refractivity contribution in [2.24, 2.45) is 4.99 Å². The van der Waals surface area contributed by atoms with Crippen LogP contribution in [0.25, 0.3) is 0 Å². The molecule has 0 aromatic carbocycles. The lowest BCUT2D eigenvalue weighted by molar-refractivity contribution is 0.474. The van der Waals surface area contributed by atoms with Gasteiger partial charge in [0.2, 0.25) is 0 Å². The Bertz CT molecular complexity index is 391. The lowest BCUT2D eigenvalue weighted by Crippen LogP contribution is -2.45. The van der Waals surface area contributed by atoms with Crippen LogP contribution in [0.2, 0.25) is 0 Å². The number of hydrogen-bond donors (Lipinski definition) is 1. The molecule has 86 valence electrons. The Labute approximate surface area is 94.8 Å². The Hall–Kier alpha value is -0.230. The van der Waals surface area contributed by atoms with Crippen LogP contribution in [0.15, 0.2) is 4.99 Å². The Morgan fingerprint density at radius 3 is 2.80 bits per heavy atom. The highest BCUT2D eigenvalue weighted by Crippen LogP contribution is 2.25. The van der Waals surface area contributed by atoms with E-state index in [1.54, 1.807) is 11.8 Å². The maximum atomic E-state index is 11.4. The van der Waals surface area contributed by atoms with Crippen molar-refractivity contribution in [3.05, 3.63) is 0 Å². The molecule has 0 amide bonds. The molecule has 1 saturated heterocycles. The van der Waals surface area contributed by atoms with Gasteiger partial charge >= 0.3 is 0 Å². The van der Waals surface area contributed by atoms with E-state index >= 15 is 0 Å². The predicted molar refractivity (Wildman–Crippen MR) is 64.2 cm³/mol. The molecule has 2 heterocycles. The van der Waals surface area contributed by atoms with Crippen LogP contribution < -0.4 is 5.32 Å². The zero-order valence-electron chi connectivity index (χ0n) is 8.99. The molecule has 0 aromatic rings. The third-order valence-electron chi connectivity index (χ3n) is 2.71. The molecular weight excluding hydrogens is 232 g/mol. The Morgan fingerprint density at radius 1 is 1.60 bits per heavy atom. The van der Waals surface area contributed by atoms with E-state index in [2.05, 4.69) is 17.2 Å². The maximum absolute atomic E-state index is 11.4. The minimum absolute atomic E-state index is 0.230. The first-order valence-electron chi connectivity index (χ1n) is 5.08. The number of rotatable bonds is 1. The molecule has 1 N–H and O–H groups in total. The van der Waals surface area contributed by atoms with Gasteiger partial charge < -0.3 is 5.32 Å². The molecule has 0 aromatic heterocycles. The van der Waals surface area contributed by atoms with Crippen molar-refractivity contribution < 1.29 is 8.42 Å². The van der Waals surface area contributed by atoms with Crippen LogP contribution in [-0.4, -0.2) is 42.4 Å². The highest BCUT2D eigenvalue weighted by atomic mass is 32.2. The summed E-state index contributed by atoms with van der Waals surface area (Å²) in [6.07, 6.45) is 0.684. The lowest BCUT2D eigenvalue weighted by Gasteiger charge is -2.24. The van der Waals surface area contributed by atoms with Gasteiger partial charge in [0.25, 0.3) is 0 Å². The summed E-state index contributed by atoms with van der Waals surface area (Å²) in [7, 11) is -2.84. The lowest BCUT2D eigenvalue weighted by atomic mass is 10.0. The number of sulfone groups is 1. The van der Waals surface area contributed by atoms with Crippen molar-refractivity contribution >= 4 is 26.8 Å². The van der Waals surface area contributed by atoms with Crippen molar-refractivity contribution in [1.82, 2.24) is 5.32 Å². The second-order valence-corrected chi connectivity index (χ2v) is 7.81. The van der Waals surface area contributed by atoms with Gasteiger partial charge in [-0.1, -0.05) is 11.8 Å². The van der Waals surface area contributed by atoms with Crippen LogP contribution >= 0.6 is 11.8 Å². The molecular formula is C9H16N2O2S2. The Kier molecular flexibility index (Phi) is 2.75. The summed E-state index contributed by atoms with van der Waals surface area (Å²) in [4.78, 5) is 4.42. The van der Waals surface area contributed by atoms with Gasteiger partial charge in [-0.3, -0.25) is 4.99 Å². The molecule has 15 heavy (non-hydrogen) atoms. The summed E-state index contributed by atoms with van der Waals surface area (Å²) in [5.74, 6) is 1.52. The van der Waals surface area contributed by atoms with E-state index in [4.69, 9.17) is 0 Å². The van der Waals surface area contributed by atoms with Gasteiger partial charge in [-0.05, 0) is 20.3 Å². The first-order valence-corrected chi connectivity index (χ1v) is 7.88. The molecule has 4 nitrogen and oxygen atoms in total. The fraction of sp³-hybridized carbons (Fsp3) is 0.889. The minimum Gasteiger partial charge on any atom is -0.359 e. The number of thioether (sulfide) groups is 1. The molecule has 1 fully saturated rings. The first kappa shape index (κ1) is 11.3. The third kappa shape index (κ3) is 2.66. The van der Waals surface area contributed by atoms with Crippen molar-refractivity contribution in [3.8, 4) is 0 Å². The zero-order chi connectivity index (χ0) is 11.1. The molecule has 0 saturated carbocycles. The third-order valence-corrected chi connectivity index (χ3v) is 5.74. The molecule has 2 aliphatic heterocycles. The number of aliphatic imine (C=N–C) groups is 1. The quantitative estimate of drug-likeness (QED) is 0.740. The summed E-state index contributed by atoms with van der Waals surface area (Å²) in [5.41, 5.74) is -0.311. The highest BCUT2D eigenvalue weighted by molar-refractivity contribution is 8.14. The fourth-order valence-corrected chi connectivity index (χ4v) is 5.05. The molecule has 2 aliphatic rings. The van der Waals surface area contributed by atoms with Crippen LogP contribution in [-0.2, 0) is 9.84 Å². The monoisotopic (exact) mass is 248 g/mol. The second kappa shape index (κ2) is 3.66. The van der Waals surface area contributed by atoms with Crippen LogP contribution in [0.5, 0.6) is 0 Å². The molecule has 2 rings (SSSR count). The van der Waals surface area contributed by atoms with E-state index in [0.717, 1.165) is 10.9 Å². The zero-order valence-corrected chi connectivity index (χ0v) is 10.6. The van der Waals surface area contributed by atoms with Gasteiger partial charge in [-0.15, -0.1) is 0 Å². The highest BCUT2D eigenvalue weighted by Gasteiger charge is 2.39. The number of nitrogens with zero attached hydrogens (tertiary/aromatic N) is 1. The molecule has 0 aliphatic carbocycles. The Balaban J connectivity index is 2.04. The van der Waals surface area contributed by atoms with Gasteiger partial charge in [0.05, 0.1) is 23.1 Å². The molecule has 0 spiro atoms. The maximum Gasteiger partial charge on any atom is 0.157 e. The molecule has 0 bridgehead atoms. The van der Waals surface area contributed by atoms with Gasteiger partial charge in [-0.2, -0.15) is 0 Å². The standard InChI is InChI=1S/C9H16N2O2S2/c1-7-5-14-8(10-7)11-9(2)3-4-15(12,13)6-9/h7H,3-6H2,1-2H3,(H,10,11). The van der Waals surface area contributed by atoms with E-state index in [1.807, 2.05) is 6.92 Å². The summed E-state index contributed by atoms with van der Waals surface area (Å²) in [6.45, 7) is 4.03. The van der Waals surface area contributed by atoms with Gasteiger partial charge in [0.15, 0.2) is 15.0 Å². The largest absolute Gasteiger partial charge is 0.359 e. The second-order valence-electron chi connectivity index (χ2n) is 4.62. The smallest absolute Gasteiger partial charge is 0.157 e. The van der Waals surface area contributed by atoms with E-state index < -0.39 is 9.84 Å². The summed E-state index contributed by atoms with van der Waals surface area (Å²) >= 11 is 1.68. The van der Waals surface area contributed by atoms with Crippen LogP contribution in [0, 0.1) is 0 Å². The number of amidine groups is 1. The van der Waals surface area contributed by atoms with E-state index in [9.17, 15) is 8.42 Å². The molecule has 6 heteroatoms. The summed E-state index contributed by atoms with van der Waals surface area (Å²) < 4.78 is 22.8. The van der Waals surface area contributed by atoms with Crippen LogP contribution in [0.3, 0.4) is 0 Å². The van der Waals surface area contributed by atoms with Crippen molar-refractivity contribution in [3.63, 3.8) is 0 Å². The van der Waals surface area contributed by atoms with Crippen molar-refractivity contribution in [1.29, 1.82) is 0 Å². The number of hydrogen-bond acceptors (Lipinski definition) is 5. The average Bonchev–Trinajstić information content (AvgIpc) is 2.57. The van der Waals surface area contributed by atoms with E-state index in [0.29, 0.717) is 18.2 Å². The summed E-state index contributed by atoms with van der Waals surface area (Å²) in [6, 6.07) is 0.346. The van der Waals surface area contributed by atoms with Gasteiger partial charge in [-0.25, -0.2) is 8.42 Å². The van der Waals surface area contributed by atoms with Crippen molar-refractivity contribution in [2.45, 2.75) is 31.8 Å². The van der Waals surface area contributed by atoms with Crippen LogP contribution in [0.1, 0.15) is 20.3 Å². The fourth-order valence-electron chi connectivity index (χ4n) is 1.91. The van der Waals surface area contributed by atoms with Crippen molar-refractivity contribution in [2.75, 3.05) is 17.3 Å². The van der Waals surface area contributed by atoms with Gasteiger partial charge in [0.1, 0.15) is 0 Å². The first-order chi connectivity index (χ1) is 6.89. The SMILES string of the molecule is CC1CSC(NC2(C)CCS(=O)(=O)C2)=N1. The molecule has 2 atom stereocenters. The Morgan fingerprint density at radius 2 is 2.33 bits per heavy atom. The molecule has 2 unspecified atom stereocenters.